The third-order valence-corrected chi connectivity index (χ3v) is 9.73. The quantitative estimate of drug-likeness (QED) is 0.0572. The minimum absolute atomic E-state index is 0.0925. The van der Waals surface area contributed by atoms with Crippen LogP contribution < -0.4 is 42.5 Å². The largest absolute Gasteiger partial charge is 0.480 e. The second-order valence-corrected chi connectivity index (χ2v) is 15.1. The molecule has 0 aliphatic rings. The number of rotatable bonds is 18. The smallest absolute Gasteiger partial charge is 0.323 e. The Kier molecular flexibility index (Phi) is 15.4. The molecule has 0 bridgehead atoms. The van der Waals surface area contributed by atoms with Crippen molar-refractivity contribution in [2.75, 3.05) is 45.0 Å². The number of anilines is 6. The van der Waals surface area contributed by atoms with Gasteiger partial charge >= 0.3 is 18.0 Å². The third kappa shape index (κ3) is 13.7. The molecule has 6 rings (SSSR count). The highest BCUT2D eigenvalue weighted by Crippen LogP contribution is 2.21. The maximum atomic E-state index is 13.3. The van der Waals surface area contributed by atoms with E-state index in [1.165, 1.54) is 45.5 Å². The van der Waals surface area contributed by atoms with Gasteiger partial charge in [0.25, 0.3) is 23.6 Å². The Labute approximate surface area is 386 Å². The molecule has 0 aliphatic heterocycles. The predicted octanol–water partition coefficient (Wildman–Crippen LogP) is 4.50. The van der Waals surface area contributed by atoms with Gasteiger partial charge in [0.1, 0.15) is 24.5 Å². The van der Waals surface area contributed by atoms with Crippen molar-refractivity contribution in [1.29, 1.82) is 0 Å². The standard InChI is InChI=1S/C47H44N10O11/c1-56-25-35(21-37(56)45(66)50-31-11-3-7-27(15-31)17-39(58)48-23-41(60)61)52-43(64)29-9-5-13-33(19-29)54-47(68)55-34-14-6-10-30(20-34)44(65)53-36-22-38(57(2)26-36)46(67)51-32-12-4-8-28(16-32)18-40(59)49-24-42(62)63/h3-16,19-22,25-26H,17-18,23-24H2,1-2H3,(H,48,58)(H,49,59)(H,50,66)(H,51,67)(H,52,64)(H,53,65)(H,60,61)(H,62,63)(H2,54,55,68). The van der Waals surface area contributed by atoms with E-state index in [1.807, 2.05) is 0 Å². The number of benzene rings is 4. The number of urea groups is 1. The van der Waals surface area contributed by atoms with E-state index in [4.69, 9.17) is 10.2 Å². The molecule has 2 aromatic heterocycles. The minimum Gasteiger partial charge on any atom is -0.480 e. The van der Waals surface area contributed by atoms with Gasteiger partial charge in [0.05, 0.1) is 24.2 Å². The fourth-order valence-electron chi connectivity index (χ4n) is 6.65. The van der Waals surface area contributed by atoms with Gasteiger partial charge in [-0.05, 0) is 83.9 Å². The first kappa shape index (κ1) is 47.9. The van der Waals surface area contributed by atoms with Crippen LogP contribution in [0.1, 0.15) is 52.8 Å². The molecule has 0 aliphatic carbocycles. The Morgan fingerprint density at radius 3 is 1.16 bits per heavy atom. The Balaban J connectivity index is 0.997. The van der Waals surface area contributed by atoms with E-state index in [2.05, 4.69) is 42.5 Å². The summed E-state index contributed by atoms with van der Waals surface area (Å²) in [5.74, 6) is -5.39. The lowest BCUT2D eigenvalue weighted by Gasteiger charge is -2.10. The SMILES string of the molecule is Cn1cc(NC(=O)c2cccc(NC(=O)Nc3cccc(C(=O)Nc4cc(C(=O)Nc5cccc(CC(=O)NCC(=O)O)c5)n(C)c4)c3)c2)cc1C(=O)Nc1cccc(CC(=O)NCC(=O)O)c1. The molecule has 21 nitrogen and oxygen atoms in total. The van der Waals surface area contributed by atoms with Crippen molar-refractivity contribution in [2.24, 2.45) is 14.1 Å². The summed E-state index contributed by atoms with van der Waals surface area (Å²) < 4.78 is 3.03. The number of aliphatic carboxylic acids is 2. The molecule has 0 atom stereocenters. The highest BCUT2D eigenvalue weighted by molar-refractivity contribution is 6.10. The number of carboxylic acid groups (broad SMARTS) is 2. The second-order valence-electron chi connectivity index (χ2n) is 15.1. The lowest BCUT2D eigenvalue weighted by molar-refractivity contribution is -0.138. The summed E-state index contributed by atoms with van der Waals surface area (Å²) in [6.45, 7) is -1.02. The summed E-state index contributed by atoms with van der Waals surface area (Å²) in [7, 11) is 3.24. The zero-order valence-corrected chi connectivity index (χ0v) is 36.3. The van der Waals surface area contributed by atoms with Crippen LogP contribution in [-0.4, -0.2) is 85.8 Å². The number of carboxylic acids is 2. The summed E-state index contributed by atoms with van der Waals surface area (Å²) >= 11 is 0. The number of nitrogens with one attached hydrogen (secondary N) is 8. The van der Waals surface area contributed by atoms with Gasteiger partial charge < -0.3 is 61.9 Å². The van der Waals surface area contributed by atoms with Crippen molar-refractivity contribution in [1.82, 2.24) is 19.8 Å². The number of nitrogens with zero attached hydrogens (tertiary/aromatic N) is 2. The number of carbonyl (C=O) groups excluding carboxylic acids is 7. The van der Waals surface area contributed by atoms with Gasteiger partial charge in [-0.3, -0.25) is 38.4 Å². The first-order chi connectivity index (χ1) is 32.5. The summed E-state index contributed by atoms with van der Waals surface area (Å²) in [6.07, 6.45) is 2.90. The predicted molar refractivity (Wildman–Crippen MR) is 250 cm³/mol. The zero-order valence-electron chi connectivity index (χ0n) is 36.3. The van der Waals surface area contributed by atoms with Crippen LogP contribution >= 0.6 is 0 Å². The highest BCUT2D eigenvalue weighted by atomic mass is 16.4. The summed E-state index contributed by atoms with van der Waals surface area (Å²) in [5.41, 5.74) is 3.84. The Morgan fingerprint density at radius 1 is 0.426 bits per heavy atom. The molecule has 0 radical (unpaired) electrons. The molecule has 6 aromatic rings. The molecule has 0 saturated carbocycles. The number of aromatic nitrogens is 2. The summed E-state index contributed by atoms with van der Waals surface area (Å²) in [6, 6.07) is 27.5. The van der Waals surface area contributed by atoms with E-state index in [9.17, 15) is 43.2 Å². The lowest BCUT2D eigenvalue weighted by Crippen LogP contribution is -2.30. The van der Waals surface area contributed by atoms with Gasteiger partial charge in [-0.25, -0.2) is 4.79 Å². The van der Waals surface area contributed by atoms with E-state index in [0.717, 1.165) is 0 Å². The molecule has 68 heavy (non-hydrogen) atoms. The third-order valence-electron chi connectivity index (χ3n) is 9.73. The normalized spacial score (nSPS) is 10.5. The van der Waals surface area contributed by atoms with Crippen LogP contribution in [0.25, 0.3) is 0 Å². The Hall–Kier alpha value is -9.53. The van der Waals surface area contributed by atoms with Crippen LogP contribution in [-0.2, 0) is 46.1 Å². The van der Waals surface area contributed by atoms with Gasteiger partial charge in [0, 0.05) is 60.4 Å². The van der Waals surface area contributed by atoms with E-state index >= 15 is 0 Å². The first-order valence-corrected chi connectivity index (χ1v) is 20.5. The zero-order chi connectivity index (χ0) is 48.9. The van der Waals surface area contributed by atoms with E-state index in [1.54, 1.807) is 99.3 Å². The fourth-order valence-corrected chi connectivity index (χ4v) is 6.65. The van der Waals surface area contributed by atoms with Gasteiger partial charge in [-0.1, -0.05) is 36.4 Å². The van der Waals surface area contributed by atoms with Crippen LogP contribution in [0.3, 0.4) is 0 Å². The number of aryl methyl sites for hydroxylation is 2. The van der Waals surface area contributed by atoms with Gasteiger partial charge in [0.15, 0.2) is 0 Å². The molecule has 10 N–H and O–H groups in total. The molecular formula is C47H44N10O11. The number of hydrogen-bond donors (Lipinski definition) is 10. The second kappa shape index (κ2) is 21.9. The van der Waals surface area contributed by atoms with Crippen molar-refractivity contribution in [2.45, 2.75) is 12.8 Å². The molecule has 2 heterocycles. The van der Waals surface area contributed by atoms with E-state index < -0.39 is 66.5 Å². The summed E-state index contributed by atoms with van der Waals surface area (Å²) in [4.78, 5) is 111. The van der Waals surface area contributed by atoms with E-state index in [-0.39, 0.29) is 46.7 Å². The van der Waals surface area contributed by atoms with Crippen molar-refractivity contribution < 1.29 is 53.4 Å². The van der Waals surface area contributed by atoms with Crippen LogP contribution in [0.5, 0.6) is 0 Å². The van der Waals surface area contributed by atoms with Crippen LogP contribution in [0.2, 0.25) is 0 Å². The fraction of sp³-hybridized carbons (Fsp3) is 0.128. The molecular weight excluding hydrogens is 881 g/mol. The highest BCUT2D eigenvalue weighted by Gasteiger charge is 2.18. The van der Waals surface area contributed by atoms with Crippen molar-refractivity contribution in [3.8, 4) is 0 Å². The molecule has 0 saturated heterocycles. The molecule has 0 spiro atoms. The molecule has 4 aromatic carbocycles. The maximum Gasteiger partial charge on any atom is 0.323 e. The number of carbonyl (C=O) groups is 9. The summed E-state index contributed by atoms with van der Waals surface area (Å²) in [5, 5.41) is 38.4. The lowest BCUT2D eigenvalue weighted by atomic mass is 10.1. The average molecular weight is 925 g/mol. The van der Waals surface area contributed by atoms with Gasteiger partial charge in [0.2, 0.25) is 11.8 Å². The van der Waals surface area contributed by atoms with Crippen LogP contribution in [0.4, 0.5) is 38.9 Å². The minimum atomic E-state index is -1.17. The van der Waals surface area contributed by atoms with Crippen molar-refractivity contribution in [3.05, 3.63) is 155 Å². The van der Waals surface area contributed by atoms with E-state index in [0.29, 0.717) is 33.9 Å². The van der Waals surface area contributed by atoms with Gasteiger partial charge in [-0.2, -0.15) is 0 Å². The molecule has 8 amide bonds. The topological polar surface area (TPSA) is 300 Å². The molecule has 21 heteroatoms. The van der Waals surface area contributed by atoms with Crippen molar-refractivity contribution >= 4 is 87.5 Å². The molecule has 0 unspecified atom stereocenters. The van der Waals surface area contributed by atoms with Gasteiger partial charge in [-0.15, -0.1) is 0 Å². The first-order valence-electron chi connectivity index (χ1n) is 20.5. The average Bonchev–Trinajstić information content (AvgIpc) is 3.85. The molecule has 348 valence electrons. The van der Waals surface area contributed by atoms with Crippen molar-refractivity contribution in [3.63, 3.8) is 0 Å². The monoisotopic (exact) mass is 924 g/mol. The van der Waals surface area contributed by atoms with Crippen LogP contribution in [0, 0.1) is 0 Å². The maximum absolute atomic E-state index is 13.3. The molecule has 0 fully saturated rings. The number of amides is 8. The Morgan fingerprint density at radius 2 is 0.779 bits per heavy atom. The Bertz CT molecular complexity index is 2760. The van der Waals surface area contributed by atoms with Crippen LogP contribution in [0.15, 0.2) is 122 Å². The number of hydrogen-bond acceptors (Lipinski definition) is 9.